The quantitative estimate of drug-likeness (QED) is 0.803. The van der Waals surface area contributed by atoms with Crippen LogP contribution in [0.3, 0.4) is 0 Å². The molecule has 0 amide bonds. The summed E-state index contributed by atoms with van der Waals surface area (Å²) in [6.45, 7) is 4.17. The maximum absolute atomic E-state index is 12.4. The van der Waals surface area contributed by atoms with Crippen molar-refractivity contribution in [2.24, 2.45) is 5.92 Å². The number of hydrogen-bond donors (Lipinski definition) is 1. The molecule has 118 valence electrons. The van der Waals surface area contributed by atoms with Gasteiger partial charge in [-0.3, -0.25) is 0 Å². The highest BCUT2D eigenvalue weighted by molar-refractivity contribution is 9.10. The molecule has 0 bridgehead atoms. The van der Waals surface area contributed by atoms with Gasteiger partial charge in [0.15, 0.2) is 0 Å². The van der Waals surface area contributed by atoms with E-state index in [-0.39, 0.29) is 5.75 Å². The zero-order valence-corrected chi connectivity index (χ0v) is 13.7. The smallest absolute Gasteiger partial charge is 0.387 e. The van der Waals surface area contributed by atoms with Gasteiger partial charge in [0, 0.05) is 23.1 Å². The number of benzene rings is 1. The molecule has 1 fully saturated rings. The van der Waals surface area contributed by atoms with E-state index in [1.54, 1.807) is 12.1 Å². The van der Waals surface area contributed by atoms with Crippen molar-refractivity contribution in [2.75, 3.05) is 26.2 Å². The summed E-state index contributed by atoms with van der Waals surface area (Å²) in [6.07, 6.45) is 1.19. The molecule has 0 aromatic heterocycles. The number of likely N-dealkylation sites (tertiary alicyclic amines) is 1. The molecule has 1 heterocycles. The molecular weight excluding hydrogens is 342 g/mol. The normalized spacial score (nSPS) is 19.4. The molecule has 21 heavy (non-hydrogen) atoms. The number of nitrogens with one attached hydrogen (secondary N) is 1. The minimum atomic E-state index is -2.79. The van der Waals surface area contributed by atoms with Crippen molar-refractivity contribution in [1.29, 1.82) is 0 Å². The molecule has 1 aromatic carbocycles. The third-order valence-corrected chi connectivity index (χ3v) is 4.30. The summed E-state index contributed by atoms with van der Waals surface area (Å²) < 4.78 is 30.2. The fourth-order valence-corrected chi connectivity index (χ4v) is 3.08. The Morgan fingerprint density at radius 2 is 2.29 bits per heavy atom. The van der Waals surface area contributed by atoms with Gasteiger partial charge in [-0.2, -0.15) is 8.78 Å². The van der Waals surface area contributed by atoms with E-state index >= 15 is 0 Å². The zero-order chi connectivity index (χ0) is 15.2. The van der Waals surface area contributed by atoms with Crippen LogP contribution < -0.4 is 10.1 Å². The van der Waals surface area contributed by atoms with Crippen LogP contribution in [0.2, 0.25) is 0 Å². The highest BCUT2D eigenvalue weighted by atomic mass is 79.9. The molecule has 1 atom stereocenters. The van der Waals surface area contributed by atoms with E-state index in [4.69, 9.17) is 0 Å². The largest absolute Gasteiger partial charge is 0.434 e. The molecule has 1 unspecified atom stereocenters. The number of ether oxygens (including phenoxy) is 1. The van der Waals surface area contributed by atoms with E-state index < -0.39 is 6.61 Å². The third-order valence-electron chi connectivity index (χ3n) is 3.80. The van der Waals surface area contributed by atoms with Crippen molar-refractivity contribution in [1.82, 2.24) is 10.2 Å². The summed E-state index contributed by atoms with van der Waals surface area (Å²) >= 11 is 3.36. The van der Waals surface area contributed by atoms with Gasteiger partial charge < -0.3 is 15.0 Å². The van der Waals surface area contributed by atoms with Crippen LogP contribution in [-0.2, 0) is 6.54 Å². The van der Waals surface area contributed by atoms with Gasteiger partial charge in [-0.25, -0.2) is 0 Å². The third kappa shape index (κ3) is 5.20. The summed E-state index contributed by atoms with van der Waals surface area (Å²) in [7, 11) is 0. The Kier molecular flexibility index (Phi) is 6.39. The average Bonchev–Trinajstić information content (AvgIpc) is 2.89. The first kappa shape index (κ1) is 16.6. The number of rotatable bonds is 7. The predicted octanol–water partition coefficient (Wildman–Crippen LogP) is 3.48. The molecule has 1 N–H and O–H groups in total. The van der Waals surface area contributed by atoms with Crippen LogP contribution in [0.25, 0.3) is 0 Å². The molecule has 6 heteroatoms. The van der Waals surface area contributed by atoms with Crippen molar-refractivity contribution in [2.45, 2.75) is 26.5 Å². The topological polar surface area (TPSA) is 24.5 Å². The average molecular weight is 363 g/mol. The minimum Gasteiger partial charge on any atom is -0.434 e. The van der Waals surface area contributed by atoms with Crippen molar-refractivity contribution in [3.8, 4) is 5.75 Å². The van der Waals surface area contributed by atoms with Gasteiger partial charge in [-0.05, 0) is 50.2 Å². The molecule has 0 aliphatic carbocycles. The zero-order valence-electron chi connectivity index (χ0n) is 12.1. The lowest BCUT2D eigenvalue weighted by Crippen LogP contribution is -2.26. The van der Waals surface area contributed by atoms with E-state index in [0.717, 1.165) is 36.2 Å². The van der Waals surface area contributed by atoms with E-state index in [9.17, 15) is 8.78 Å². The summed E-state index contributed by atoms with van der Waals surface area (Å²) in [5.41, 5.74) is 0.745. The Balaban J connectivity index is 1.86. The lowest BCUT2D eigenvalue weighted by atomic mass is 10.1. The first-order valence-corrected chi connectivity index (χ1v) is 8.04. The Hall–Kier alpha value is -0.720. The Morgan fingerprint density at radius 3 is 2.95 bits per heavy atom. The van der Waals surface area contributed by atoms with Crippen LogP contribution in [0, 0.1) is 5.92 Å². The number of nitrogens with zero attached hydrogens (tertiary/aromatic N) is 1. The lowest BCUT2D eigenvalue weighted by molar-refractivity contribution is -0.0505. The van der Waals surface area contributed by atoms with Crippen LogP contribution >= 0.6 is 15.9 Å². The first-order chi connectivity index (χ1) is 10.1. The van der Waals surface area contributed by atoms with E-state index in [1.807, 2.05) is 6.07 Å². The number of hydrogen-bond acceptors (Lipinski definition) is 3. The Labute approximate surface area is 132 Å². The first-order valence-electron chi connectivity index (χ1n) is 7.24. The molecule has 1 saturated heterocycles. The standard InChI is InChI=1S/C15H21BrF2N2O/c1-2-20-6-5-11(10-20)8-19-9-12-7-13(16)3-4-14(12)21-15(17)18/h3-4,7,11,15,19H,2,5-6,8-10H2,1H3. The molecule has 0 radical (unpaired) electrons. The van der Waals surface area contributed by atoms with Crippen LogP contribution in [0.1, 0.15) is 18.9 Å². The monoisotopic (exact) mass is 362 g/mol. The summed E-state index contributed by atoms with van der Waals surface area (Å²) in [5, 5.41) is 3.36. The van der Waals surface area contributed by atoms with Gasteiger partial charge in [-0.15, -0.1) is 0 Å². The van der Waals surface area contributed by atoms with Crippen molar-refractivity contribution in [3.63, 3.8) is 0 Å². The van der Waals surface area contributed by atoms with Crippen molar-refractivity contribution >= 4 is 15.9 Å². The maximum Gasteiger partial charge on any atom is 0.387 e. The predicted molar refractivity (Wildman–Crippen MR) is 82.7 cm³/mol. The van der Waals surface area contributed by atoms with Crippen molar-refractivity contribution < 1.29 is 13.5 Å². The molecule has 0 saturated carbocycles. The minimum absolute atomic E-state index is 0.238. The van der Waals surface area contributed by atoms with Crippen LogP contribution in [0.4, 0.5) is 8.78 Å². The lowest BCUT2D eigenvalue weighted by Gasteiger charge is -2.15. The second kappa shape index (κ2) is 8.06. The number of halogens is 3. The molecule has 1 aliphatic rings. The van der Waals surface area contributed by atoms with Gasteiger partial charge >= 0.3 is 6.61 Å². The molecule has 1 aliphatic heterocycles. The highest BCUT2D eigenvalue weighted by Crippen LogP contribution is 2.25. The van der Waals surface area contributed by atoms with Crippen LogP contribution in [0.15, 0.2) is 22.7 Å². The second-order valence-corrected chi connectivity index (χ2v) is 6.23. The van der Waals surface area contributed by atoms with Gasteiger partial charge in [0.05, 0.1) is 0 Å². The Morgan fingerprint density at radius 1 is 1.48 bits per heavy atom. The van der Waals surface area contributed by atoms with E-state index in [2.05, 4.69) is 37.8 Å². The number of alkyl halides is 2. The van der Waals surface area contributed by atoms with Crippen LogP contribution in [-0.4, -0.2) is 37.7 Å². The molecule has 2 rings (SSSR count). The molecular formula is C15H21BrF2N2O. The van der Waals surface area contributed by atoms with Gasteiger partial charge in [-0.1, -0.05) is 22.9 Å². The maximum atomic E-state index is 12.4. The molecule has 3 nitrogen and oxygen atoms in total. The summed E-state index contributed by atoms with van der Waals surface area (Å²) in [4.78, 5) is 2.43. The fourth-order valence-electron chi connectivity index (χ4n) is 2.67. The second-order valence-electron chi connectivity index (χ2n) is 5.31. The van der Waals surface area contributed by atoms with E-state index in [1.165, 1.54) is 6.42 Å². The van der Waals surface area contributed by atoms with E-state index in [0.29, 0.717) is 12.5 Å². The van der Waals surface area contributed by atoms with Gasteiger partial charge in [0.25, 0.3) is 0 Å². The molecule has 0 spiro atoms. The van der Waals surface area contributed by atoms with Gasteiger partial charge in [0.1, 0.15) is 5.75 Å². The SMILES string of the molecule is CCN1CCC(CNCc2cc(Br)ccc2OC(F)F)C1. The van der Waals surface area contributed by atoms with Crippen LogP contribution in [0.5, 0.6) is 5.75 Å². The summed E-state index contributed by atoms with van der Waals surface area (Å²) in [5.74, 6) is 0.874. The fraction of sp³-hybridized carbons (Fsp3) is 0.600. The Bertz CT molecular complexity index is 459. The summed E-state index contributed by atoms with van der Waals surface area (Å²) in [6, 6.07) is 5.09. The van der Waals surface area contributed by atoms with Crippen molar-refractivity contribution in [3.05, 3.63) is 28.2 Å². The molecule has 1 aromatic rings. The van der Waals surface area contributed by atoms with Gasteiger partial charge in [0.2, 0.25) is 0 Å². The highest BCUT2D eigenvalue weighted by Gasteiger charge is 2.20.